The summed E-state index contributed by atoms with van der Waals surface area (Å²) in [6.45, 7) is 0.990. The second kappa shape index (κ2) is 8.18. The van der Waals surface area contributed by atoms with Gasteiger partial charge in [-0.25, -0.2) is 4.79 Å². The van der Waals surface area contributed by atoms with Crippen LogP contribution in [0.25, 0.3) is 11.1 Å². The van der Waals surface area contributed by atoms with Crippen LogP contribution in [0.5, 0.6) is 5.75 Å². The topological polar surface area (TPSA) is 49.8 Å². The van der Waals surface area contributed by atoms with Crippen molar-refractivity contribution in [1.82, 2.24) is 4.90 Å². The van der Waals surface area contributed by atoms with Gasteiger partial charge in [0.25, 0.3) is 0 Å². The van der Waals surface area contributed by atoms with Crippen molar-refractivity contribution in [3.8, 4) is 16.9 Å². The molecule has 2 heterocycles. The Balaban J connectivity index is 1.58. The summed E-state index contributed by atoms with van der Waals surface area (Å²) in [6.07, 6.45) is 4.91. The molecule has 0 aromatic heterocycles. The largest absolute Gasteiger partial charge is 0.488 e. The highest BCUT2D eigenvalue weighted by molar-refractivity contribution is 8.00. The molecule has 2 aromatic rings. The molecule has 1 N–H and O–H groups in total. The Hall–Kier alpha value is -1.56. The Labute approximate surface area is 190 Å². The summed E-state index contributed by atoms with van der Waals surface area (Å²) in [7, 11) is 0. The Bertz CT molecular complexity index is 993. The van der Waals surface area contributed by atoms with Gasteiger partial charge in [-0.15, -0.1) is 11.8 Å². The van der Waals surface area contributed by atoms with Gasteiger partial charge in [0.05, 0.1) is 4.90 Å². The molecule has 5 rings (SSSR count). The molecule has 1 saturated heterocycles. The fraction of sp³-hybridized carbons (Fsp3) is 0.435. The third kappa shape index (κ3) is 3.76. The lowest BCUT2D eigenvalue weighted by Gasteiger charge is -2.32. The van der Waals surface area contributed by atoms with Gasteiger partial charge in [0, 0.05) is 51.9 Å². The lowest BCUT2D eigenvalue weighted by Crippen LogP contribution is -2.43. The summed E-state index contributed by atoms with van der Waals surface area (Å²) in [5.74, 6) is 1.00. The van der Waals surface area contributed by atoms with Crippen molar-refractivity contribution in [2.75, 3.05) is 13.1 Å². The minimum absolute atomic E-state index is 0.0365. The Kier molecular flexibility index (Phi) is 5.55. The lowest BCUT2D eigenvalue weighted by molar-refractivity contribution is 0.0892. The number of hydrogen-bond acceptors (Lipinski definition) is 3. The summed E-state index contributed by atoms with van der Waals surface area (Å²) in [6, 6.07) is 9.89. The number of hydrogen-bond donors (Lipinski definition) is 1. The average Bonchev–Trinajstić information content (AvgIpc) is 3.35. The Morgan fingerprint density at radius 2 is 1.93 bits per heavy atom. The zero-order valence-corrected chi connectivity index (χ0v) is 18.8. The average molecular weight is 464 g/mol. The zero-order chi connectivity index (χ0) is 20.8. The van der Waals surface area contributed by atoms with Crippen molar-refractivity contribution in [1.29, 1.82) is 0 Å². The number of fused-ring (bicyclic) bond motifs is 3. The van der Waals surface area contributed by atoms with Crippen molar-refractivity contribution in [3.63, 3.8) is 0 Å². The fourth-order valence-corrected chi connectivity index (χ4v) is 6.79. The predicted octanol–water partition coefficient (Wildman–Crippen LogP) is 6.92. The van der Waals surface area contributed by atoms with Crippen LogP contribution in [-0.2, 0) is 0 Å². The van der Waals surface area contributed by atoms with Crippen LogP contribution in [0.1, 0.15) is 43.6 Å². The maximum absolute atomic E-state index is 11.6. The molecule has 0 bridgehead atoms. The van der Waals surface area contributed by atoms with Gasteiger partial charge in [0.2, 0.25) is 0 Å². The van der Waals surface area contributed by atoms with E-state index in [1.807, 2.05) is 23.9 Å². The Morgan fingerprint density at radius 1 is 1.13 bits per heavy atom. The number of ether oxygens (including phenoxy) is 1. The molecule has 158 valence electrons. The maximum atomic E-state index is 11.6. The first-order valence-electron chi connectivity index (χ1n) is 10.4. The second-order valence-corrected chi connectivity index (χ2v) is 10.5. The summed E-state index contributed by atoms with van der Waals surface area (Å²) in [5, 5.41) is 11.3. The number of thioether (sulfide) groups is 1. The van der Waals surface area contributed by atoms with E-state index in [0.29, 0.717) is 28.4 Å². The van der Waals surface area contributed by atoms with E-state index in [1.165, 1.54) is 30.6 Å². The van der Waals surface area contributed by atoms with Crippen molar-refractivity contribution >= 4 is 41.1 Å². The zero-order valence-electron chi connectivity index (χ0n) is 16.4. The number of nitrogens with zero attached hydrogens (tertiary/aromatic N) is 1. The quantitative estimate of drug-likeness (QED) is 0.536. The van der Waals surface area contributed by atoms with Crippen LogP contribution in [0.15, 0.2) is 35.2 Å². The lowest BCUT2D eigenvalue weighted by atomic mass is 9.88. The number of rotatable bonds is 3. The van der Waals surface area contributed by atoms with E-state index >= 15 is 0 Å². The molecule has 7 heteroatoms. The molecule has 2 fully saturated rings. The van der Waals surface area contributed by atoms with Crippen LogP contribution in [0.2, 0.25) is 10.0 Å². The molecular formula is C23H23Cl2NO3S. The van der Waals surface area contributed by atoms with Gasteiger partial charge in [0.1, 0.15) is 11.9 Å². The summed E-state index contributed by atoms with van der Waals surface area (Å²) in [5.41, 5.74) is 3.08. The highest BCUT2D eigenvalue weighted by Crippen LogP contribution is 2.51. The number of piperidine rings is 1. The van der Waals surface area contributed by atoms with Crippen LogP contribution in [0.3, 0.4) is 0 Å². The molecule has 2 unspecified atom stereocenters. The molecule has 4 nitrogen and oxygen atoms in total. The summed E-state index contributed by atoms with van der Waals surface area (Å²) >= 11 is 14.5. The second-order valence-electron chi connectivity index (χ2n) is 8.32. The number of amides is 1. The minimum Gasteiger partial charge on any atom is -0.488 e. The van der Waals surface area contributed by atoms with Crippen LogP contribution >= 0.6 is 35.0 Å². The molecule has 30 heavy (non-hydrogen) atoms. The predicted molar refractivity (Wildman–Crippen MR) is 121 cm³/mol. The first kappa shape index (κ1) is 20.3. The Morgan fingerprint density at radius 3 is 2.67 bits per heavy atom. The van der Waals surface area contributed by atoms with E-state index in [1.54, 1.807) is 6.07 Å². The van der Waals surface area contributed by atoms with Crippen molar-refractivity contribution in [2.45, 2.75) is 54.3 Å². The van der Waals surface area contributed by atoms with Crippen LogP contribution in [-0.4, -0.2) is 40.5 Å². The molecule has 2 atom stereocenters. The number of benzene rings is 2. The number of carbonyl (C=O) groups is 1. The van der Waals surface area contributed by atoms with Gasteiger partial charge in [-0.2, -0.15) is 0 Å². The number of likely N-dealkylation sites (tertiary alicyclic amines) is 1. The van der Waals surface area contributed by atoms with Crippen LogP contribution in [0.4, 0.5) is 4.79 Å². The first-order valence-corrected chi connectivity index (χ1v) is 12.1. The SMILES string of the molecule is O=C(O)N1CCC2Oc3c(SC4CCCC4)cc(-c4ccc(Cl)cc4Cl)cc3C2C1. The molecular weight excluding hydrogens is 441 g/mol. The highest BCUT2D eigenvalue weighted by Gasteiger charge is 2.42. The monoisotopic (exact) mass is 463 g/mol. The third-order valence-corrected chi connectivity index (χ3v) is 8.32. The minimum atomic E-state index is -0.862. The molecule has 2 aromatic carbocycles. The van der Waals surface area contributed by atoms with E-state index in [9.17, 15) is 9.90 Å². The van der Waals surface area contributed by atoms with Gasteiger partial charge < -0.3 is 14.7 Å². The molecule has 1 amide bonds. The van der Waals surface area contributed by atoms with E-state index in [4.69, 9.17) is 27.9 Å². The molecule has 2 aliphatic heterocycles. The van der Waals surface area contributed by atoms with Crippen molar-refractivity contribution < 1.29 is 14.6 Å². The van der Waals surface area contributed by atoms with E-state index in [0.717, 1.165) is 33.8 Å². The molecule has 1 aliphatic carbocycles. The van der Waals surface area contributed by atoms with Gasteiger partial charge in [-0.05, 0) is 42.7 Å². The van der Waals surface area contributed by atoms with Crippen LogP contribution < -0.4 is 4.74 Å². The molecule has 1 saturated carbocycles. The summed E-state index contributed by atoms with van der Waals surface area (Å²) in [4.78, 5) is 14.2. The van der Waals surface area contributed by atoms with Crippen molar-refractivity contribution in [3.05, 3.63) is 45.9 Å². The fourth-order valence-electron chi connectivity index (χ4n) is 4.87. The smallest absolute Gasteiger partial charge is 0.407 e. The first-order chi connectivity index (χ1) is 14.5. The van der Waals surface area contributed by atoms with E-state index in [2.05, 4.69) is 12.1 Å². The number of halogens is 2. The van der Waals surface area contributed by atoms with E-state index in [-0.39, 0.29) is 12.0 Å². The van der Waals surface area contributed by atoms with Gasteiger partial charge in [0.15, 0.2) is 0 Å². The van der Waals surface area contributed by atoms with Gasteiger partial charge in [-0.1, -0.05) is 42.1 Å². The highest BCUT2D eigenvalue weighted by atomic mass is 35.5. The number of carboxylic acid groups (broad SMARTS) is 1. The molecule has 3 aliphatic rings. The van der Waals surface area contributed by atoms with Gasteiger partial charge >= 0.3 is 6.09 Å². The standard InChI is InChI=1S/C23H23Cl2NO3S/c24-14-5-6-16(19(25)11-14)13-9-17-18-12-26(23(27)28)8-7-20(18)29-22(17)21(10-13)30-15-3-1-2-4-15/h5-6,9-11,15,18,20H,1-4,7-8,12H2,(H,27,28). The van der Waals surface area contributed by atoms with Crippen molar-refractivity contribution in [2.24, 2.45) is 0 Å². The molecule has 0 spiro atoms. The van der Waals surface area contributed by atoms with Crippen LogP contribution in [0, 0.1) is 0 Å². The maximum Gasteiger partial charge on any atom is 0.407 e. The summed E-state index contributed by atoms with van der Waals surface area (Å²) < 4.78 is 6.43. The van der Waals surface area contributed by atoms with Gasteiger partial charge in [-0.3, -0.25) is 0 Å². The van der Waals surface area contributed by atoms with E-state index < -0.39 is 6.09 Å². The third-order valence-electron chi connectivity index (χ3n) is 6.41. The molecule has 0 radical (unpaired) electrons. The normalized spacial score (nSPS) is 23.2.